The van der Waals surface area contributed by atoms with Gasteiger partial charge in [-0.3, -0.25) is 9.69 Å². The molecule has 1 rings (SSSR count). The van der Waals surface area contributed by atoms with Gasteiger partial charge in [0.25, 0.3) is 0 Å². The lowest BCUT2D eigenvalue weighted by Crippen LogP contribution is -2.29. The second-order valence-corrected chi connectivity index (χ2v) is 4.32. The van der Waals surface area contributed by atoms with E-state index in [1.807, 2.05) is 19.9 Å². The number of carbonyl (C=O) groups excluding carboxylic acids is 1. The Hall–Kier alpha value is -0.630. The zero-order valence-electron chi connectivity index (χ0n) is 9.33. The minimum absolute atomic E-state index is 0.132. The van der Waals surface area contributed by atoms with Crippen LogP contribution in [-0.2, 0) is 4.79 Å². The van der Waals surface area contributed by atoms with Crippen molar-refractivity contribution in [3.63, 3.8) is 0 Å². The van der Waals surface area contributed by atoms with Crippen LogP contribution in [0.5, 0.6) is 0 Å². The van der Waals surface area contributed by atoms with Gasteiger partial charge in [-0.15, -0.1) is 0 Å². The molecule has 1 aliphatic heterocycles. The SMILES string of the molecule is CC(C)C(=O)/C=C/CN1CCCCC1. The third-order valence-corrected chi connectivity index (χ3v) is 2.66. The van der Waals surface area contributed by atoms with Crippen LogP contribution in [0.2, 0.25) is 0 Å². The number of piperidine rings is 1. The largest absolute Gasteiger partial charge is 0.300 e. The molecule has 0 atom stereocenters. The van der Waals surface area contributed by atoms with Crippen LogP contribution < -0.4 is 0 Å². The van der Waals surface area contributed by atoms with Crippen molar-refractivity contribution in [1.82, 2.24) is 4.90 Å². The van der Waals surface area contributed by atoms with E-state index in [1.54, 1.807) is 6.08 Å². The summed E-state index contributed by atoms with van der Waals surface area (Å²) in [7, 11) is 0. The van der Waals surface area contributed by atoms with Crippen molar-refractivity contribution >= 4 is 5.78 Å². The van der Waals surface area contributed by atoms with Crippen molar-refractivity contribution in [1.29, 1.82) is 0 Å². The first-order chi connectivity index (χ1) is 6.70. The molecule has 0 amide bonds. The van der Waals surface area contributed by atoms with Gasteiger partial charge in [0.05, 0.1) is 0 Å². The van der Waals surface area contributed by atoms with Crippen molar-refractivity contribution in [2.24, 2.45) is 5.92 Å². The zero-order chi connectivity index (χ0) is 10.4. The van der Waals surface area contributed by atoms with E-state index >= 15 is 0 Å². The minimum Gasteiger partial charge on any atom is -0.300 e. The minimum atomic E-state index is 0.132. The number of hydrogen-bond acceptors (Lipinski definition) is 2. The van der Waals surface area contributed by atoms with Crippen molar-refractivity contribution in [3.05, 3.63) is 12.2 Å². The van der Waals surface area contributed by atoms with Gasteiger partial charge in [-0.25, -0.2) is 0 Å². The van der Waals surface area contributed by atoms with Crippen LogP contribution >= 0.6 is 0 Å². The Morgan fingerprint density at radius 1 is 1.29 bits per heavy atom. The van der Waals surface area contributed by atoms with Crippen LogP contribution in [0.25, 0.3) is 0 Å². The number of likely N-dealkylation sites (tertiary alicyclic amines) is 1. The third-order valence-electron chi connectivity index (χ3n) is 2.66. The second-order valence-electron chi connectivity index (χ2n) is 4.32. The maximum Gasteiger partial charge on any atom is 0.157 e. The molecule has 0 aliphatic carbocycles. The van der Waals surface area contributed by atoms with Gasteiger partial charge in [-0.2, -0.15) is 0 Å². The first kappa shape index (κ1) is 11.4. The highest BCUT2D eigenvalue weighted by atomic mass is 16.1. The first-order valence-electron chi connectivity index (χ1n) is 5.63. The van der Waals surface area contributed by atoms with E-state index in [0.717, 1.165) is 6.54 Å². The number of carbonyl (C=O) groups is 1. The van der Waals surface area contributed by atoms with Crippen molar-refractivity contribution in [2.75, 3.05) is 19.6 Å². The number of rotatable bonds is 4. The summed E-state index contributed by atoms with van der Waals surface area (Å²) in [4.78, 5) is 13.7. The molecular formula is C12H21NO. The molecule has 0 aromatic carbocycles. The molecule has 1 fully saturated rings. The molecule has 1 saturated heterocycles. The summed E-state index contributed by atoms with van der Waals surface area (Å²) in [6.45, 7) is 7.21. The molecule has 0 radical (unpaired) electrons. The van der Waals surface area contributed by atoms with Crippen LogP contribution in [0.15, 0.2) is 12.2 Å². The molecule has 2 heteroatoms. The summed E-state index contributed by atoms with van der Waals surface area (Å²) >= 11 is 0. The predicted octanol–water partition coefficient (Wildman–Crippen LogP) is 2.25. The Bertz CT molecular complexity index is 202. The molecule has 2 nitrogen and oxygen atoms in total. The van der Waals surface area contributed by atoms with E-state index in [2.05, 4.69) is 4.90 Å². The second kappa shape index (κ2) is 5.97. The molecule has 1 aliphatic rings. The molecule has 0 bridgehead atoms. The van der Waals surface area contributed by atoms with Gasteiger partial charge < -0.3 is 0 Å². The van der Waals surface area contributed by atoms with E-state index in [1.165, 1.54) is 32.4 Å². The first-order valence-corrected chi connectivity index (χ1v) is 5.63. The monoisotopic (exact) mass is 195 g/mol. The molecule has 0 aromatic rings. The summed E-state index contributed by atoms with van der Waals surface area (Å²) < 4.78 is 0. The van der Waals surface area contributed by atoms with Crippen LogP contribution in [-0.4, -0.2) is 30.3 Å². The number of hydrogen-bond donors (Lipinski definition) is 0. The summed E-state index contributed by atoms with van der Waals surface area (Å²) in [5.74, 6) is 0.370. The van der Waals surface area contributed by atoms with Gasteiger partial charge in [0.2, 0.25) is 0 Å². The van der Waals surface area contributed by atoms with E-state index in [9.17, 15) is 4.79 Å². The fourth-order valence-corrected chi connectivity index (χ4v) is 1.65. The van der Waals surface area contributed by atoms with Gasteiger partial charge in [0.15, 0.2) is 5.78 Å². The normalized spacial score (nSPS) is 19.4. The van der Waals surface area contributed by atoms with Gasteiger partial charge in [-0.1, -0.05) is 26.3 Å². The van der Waals surface area contributed by atoms with Gasteiger partial charge in [0, 0.05) is 12.5 Å². The lowest BCUT2D eigenvalue weighted by atomic mass is 10.1. The van der Waals surface area contributed by atoms with E-state index in [-0.39, 0.29) is 11.7 Å². The summed E-state index contributed by atoms with van der Waals surface area (Å²) in [5, 5.41) is 0. The highest BCUT2D eigenvalue weighted by Crippen LogP contribution is 2.08. The molecule has 1 heterocycles. The van der Waals surface area contributed by atoms with Crippen LogP contribution in [0, 0.1) is 5.92 Å². The maximum absolute atomic E-state index is 11.3. The van der Waals surface area contributed by atoms with E-state index in [4.69, 9.17) is 0 Å². The summed E-state index contributed by atoms with van der Waals surface area (Å²) in [5.41, 5.74) is 0. The number of allylic oxidation sites excluding steroid dienone is 1. The van der Waals surface area contributed by atoms with Crippen molar-refractivity contribution in [3.8, 4) is 0 Å². The van der Waals surface area contributed by atoms with Gasteiger partial charge in [-0.05, 0) is 32.0 Å². The van der Waals surface area contributed by atoms with Crippen molar-refractivity contribution in [2.45, 2.75) is 33.1 Å². The summed E-state index contributed by atoms with van der Waals surface area (Å²) in [6, 6.07) is 0. The fourth-order valence-electron chi connectivity index (χ4n) is 1.65. The molecule has 14 heavy (non-hydrogen) atoms. The molecule has 80 valence electrons. The highest BCUT2D eigenvalue weighted by molar-refractivity contribution is 5.91. The Morgan fingerprint density at radius 2 is 1.93 bits per heavy atom. The van der Waals surface area contributed by atoms with Gasteiger partial charge in [0.1, 0.15) is 0 Å². The van der Waals surface area contributed by atoms with E-state index in [0.29, 0.717) is 0 Å². The molecule has 0 saturated carbocycles. The average Bonchev–Trinajstić information content (AvgIpc) is 2.19. The number of ketones is 1. The fraction of sp³-hybridized carbons (Fsp3) is 0.750. The topological polar surface area (TPSA) is 20.3 Å². The Morgan fingerprint density at radius 3 is 2.50 bits per heavy atom. The quantitative estimate of drug-likeness (QED) is 0.641. The Kier molecular flexibility index (Phi) is 4.88. The summed E-state index contributed by atoms with van der Waals surface area (Å²) in [6.07, 6.45) is 7.73. The highest BCUT2D eigenvalue weighted by Gasteiger charge is 2.08. The smallest absolute Gasteiger partial charge is 0.157 e. The van der Waals surface area contributed by atoms with Gasteiger partial charge >= 0.3 is 0 Å². The lowest BCUT2D eigenvalue weighted by Gasteiger charge is -2.24. The average molecular weight is 195 g/mol. The number of nitrogens with zero attached hydrogens (tertiary/aromatic N) is 1. The lowest BCUT2D eigenvalue weighted by molar-refractivity contribution is -0.117. The Labute approximate surface area is 87.0 Å². The van der Waals surface area contributed by atoms with Crippen LogP contribution in [0.4, 0.5) is 0 Å². The molecule has 0 spiro atoms. The predicted molar refractivity (Wildman–Crippen MR) is 59.3 cm³/mol. The standard InChI is InChI=1S/C12H21NO/c1-11(2)12(14)7-6-10-13-8-4-3-5-9-13/h6-7,11H,3-5,8-10H2,1-2H3/b7-6+. The maximum atomic E-state index is 11.3. The van der Waals surface area contributed by atoms with Crippen LogP contribution in [0.1, 0.15) is 33.1 Å². The third kappa shape index (κ3) is 4.05. The Balaban J connectivity index is 2.21. The molecule has 0 N–H and O–H groups in total. The zero-order valence-corrected chi connectivity index (χ0v) is 9.33. The van der Waals surface area contributed by atoms with E-state index < -0.39 is 0 Å². The molecule has 0 unspecified atom stereocenters. The molecular weight excluding hydrogens is 174 g/mol. The van der Waals surface area contributed by atoms with Crippen molar-refractivity contribution < 1.29 is 4.79 Å². The molecule has 0 aromatic heterocycles. The van der Waals surface area contributed by atoms with Crippen LogP contribution in [0.3, 0.4) is 0 Å².